The Balaban J connectivity index is 0.825. The van der Waals surface area contributed by atoms with Crippen LogP contribution >= 0.6 is 11.3 Å². The zero-order chi connectivity index (χ0) is 40.1. The fraction of sp³-hybridized carbons (Fsp3) is 0.415. The van der Waals surface area contributed by atoms with Crippen molar-refractivity contribution in [1.82, 2.24) is 44.1 Å². The summed E-state index contributed by atoms with van der Waals surface area (Å²) in [5.74, 6) is -0.140. The molecular weight excluding hydrogens is 755 g/mol. The maximum Gasteiger partial charge on any atom is 0.329 e. The van der Waals surface area contributed by atoms with Gasteiger partial charge < -0.3 is 15.1 Å². The van der Waals surface area contributed by atoms with Crippen LogP contribution in [0.1, 0.15) is 51.1 Å². The van der Waals surface area contributed by atoms with E-state index >= 15 is 0 Å². The number of aryl methyl sites for hydroxylation is 1. The fourth-order valence-corrected chi connectivity index (χ4v) is 9.57. The molecule has 0 radical (unpaired) electrons. The molecule has 3 saturated heterocycles. The van der Waals surface area contributed by atoms with E-state index in [1.165, 1.54) is 0 Å². The molecule has 1 unspecified atom stereocenters. The van der Waals surface area contributed by atoms with Gasteiger partial charge >= 0.3 is 5.69 Å². The van der Waals surface area contributed by atoms with Gasteiger partial charge in [-0.05, 0) is 75.4 Å². The number of nitrogens with zero attached hydrogens (tertiary/aromatic N) is 11. The normalized spacial score (nSPS) is 18.4. The second-order valence-corrected chi connectivity index (χ2v) is 16.7. The summed E-state index contributed by atoms with van der Waals surface area (Å²) in [5, 5.41) is 30.7. The Hall–Kier alpha value is -6.12. The first-order valence-corrected chi connectivity index (χ1v) is 20.7. The van der Waals surface area contributed by atoms with Gasteiger partial charge in [0.2, 0.25) is 16.9 Å². The molecule has 1 aromatic carbocycles. The number of imidazole rings is 1. The van der Waals surface area contributed by atoms with Crippen molar-refractivity contribution in [3.8, 4) is 28.0 Å². The summed E-state index contributed by atoms with van der Waals surface area (Å²) in [7, 11) is 1.76. The number of nitriles is 1. The maximum atomic E-state index is 13.5. The zero-order valence-corrected chi connectivity index (χ0v) is 33.6. The highest BCUT2D eigenvalue weighted by atomic mass is 32.1. The summed E-state index contributed by atoms with van der Waals surface area (Å²) in [4.78, 5) is 50.1. The van der Waals surface area contributed by atoms with E-state index in [9.17, 15) is 19.6 Å². The van der Waals surface area contributed by atoms with Crippen LogP contribution in [0.2, 0.25) is 0 Å². The van der Waals surface area contributed by atoms with Crippen LogP contribution in [0.15, 0.2) is 59.7 Å². The van der Waals surface area contributed by atoms with Gasteiger partial charge in [-0.3, -0.25) is 33.9 Å². The number of carbonyl (C=O) groups excluding carboxylic acids is 2. The zero-order valence-electron chi connectivity index (χ0n) is 32.8. The van der Waals surface area contributed by atoms with Gasteiger partial charge in [0.25, 0.3) is 0 Å². The summed E-state index contributed by atoms with van der Waals surface area (Å²) < 4.78 is 5.00. The minimum Gasteiger partial charge on any atom is -0.382 e. The molecule has 2 amide bonds. The third kappa shape index (κ3) is 6.96. The van der Waals surface area contributed by atoms with Crippen LogP contribution < -0.4 is 26.1 Å². The molecule has 0 saturated carbocycles. The lowest BCUT2D eigenvalue weighted by Gasteiger charge is -2.39. The summed E-state index contributed by atoms with van der Waals surface area (Å²) in [5.41, 5.74) is 7.09. The van der Waals surface area contributed by atoms with E-state index in [0.717, 1.165) is 114 Å². The Bertz CT molecular complexity index is 2640. The number of benzene rings is 1. The summed E-state index contributed by atoms with van der Waals surface area (Å²) >= 11 is 1.59. The number of piperazine rings is 1. The van der Waals surface area contributed by atoms with Gasteiger partial charge in [0.1, 0.15) is 12.1 Å². The fourth-order valence-electron chi connectivity index (χ4n) is 8.65. The highest BCUT2D eigenvalue weighted by Crippen LogP contribution is 2.37. The van der Waals surface area contributed by atoms with E-state index in [4.69, 9.17) is 4.98 Å². The Morgan fingerprint density at radius 3 is 2.53 bits per heavy atom. The van der Waals surface area contributed by atoms with Gasteiger partial charge in [0.15, 0.2) is 5.01 Å². The molecule has 58 heavy (non-hydrogen) atoms. The first kappa shape index (κ1) is 37.5. The van der Waals surface area contributed by atoms with Crippen molar-refractivity contribution in [3.05, 3.63) is 70.9 Å². The number of amides is 2. The van der Waals surface area contributed by atoms with Gasteiger partial charge in [-0.2, -0.15) is 10.4 Å². The van der Waals surface area contributed by atoms with E-state index in [-0.39, 0.29) is 24.1 Å². The molecule has 16 nitrogen and oxygen atoms in total. The Kier molecular flexibility index (Phi) is 9.90. The van der Waals surface area contributed by atoms with Crippen molar-refractivity contribution in [2.75, 3.05) is 60.9 Å². The average Bonchev–Trinajstić information content (AvgIpc) is 3.95. The molecule has 298 valence electrons. The standard InChI is InChI=1S/C41H45N13O3S/c1-25(2)45-30-20-31(32-8-7-28-19-27(21-42)22-44-54(28)32)43-23-29(30)39-47-48-40(58-39)52-17-15-50(16-18-52)24-26-11-13-51(14-12-26)33-5-4-6-34-37(33)49(3)41(57)53(34)35-9-10-36(55)46-38(35)56/h4-8,19-20,22-23,25-26,35H,9-18,24H2,1-3H3,(H,43,45)(H,46,55,56). The smallest absolute Gasteiger partial charge is 0.329 e. The van der Waals surface area contributed by atoms with Crippen LogP contribution in [0.4, 0.5) is 16.5 Å². The van der Waals surface area contributed by atoms with Gasteiger partial charge in [-0.1, -0.05) is 17.4 Å². The van der Waals surface area contributed by atoms with Gasteiger partial charge in [-0.15, -0.1) is 10.2 Å². The summed E-state index contributed by atoms with van der Waals surface area (Å²) in [6, 6.07) is 15.3. The quantitative estimate of drug-likeness (QED) is 0.199. The molecule has 5 aromatic heterocycles. The highest BCUT2D eigenvalue weighted by Gasteiger charge is 2.33. The van der Waals surface area contributed by atoms with E-state index in [2.05, 4.69) is 66.6 Å². The molecule has 3 aliphatic rings. The van der Waals surface area contributed by atoms with Crippen LogP contribution in [-0.2, 0) is 16.6 Å². The van der Waals surface area contributed by atoms with Crippen LogP contribution in [0, 0.1) is 17.2 Å². The minimum absolute atomic E-state index is 0.186. The molecular formula is C41H45N13O3S. The Morgan fingerprint density at radius 2 is 1.78 bits per heavy atom. The first-order chi connectivity index (χ1) is 28.1. The van der Waals surface area contributed by atoms with E-state index < -0.39 is 11.9 Å². The molecule has 0 aliphatic carbocycles. The van der Waals surface area contributed by atoms with Crippen molar-refractivity contribution >= 4 is 56.2 Å². The number of rotatable bonds is 9. The third-order valence-electron chi connectivity index (χ3n) is 11.6. The first-order valence-electron chi connectivity index (χ1n) is 19.9. The minimum atomic E-state index is -0.698. The molecule has 8 heterocycles. The molecule has 2 N–H and O–H groups in total. The molecule has 17 heteroatoms. The Morgan fingerprint density at radius 1 is 0.966 bits per heavy atom. The lowest BCUT2D eigenvalue weighted by Crippen LogP contribution is -2.49. The SMILES string of the molecule is CC(C)Nc1cc(-c2ccc3cc(C#N)cnn23)ncc1-c1nnc(N2CCN(CC3CCN(c4cccc5c4n(C)c(=O)n5C4CCC(=O)NC4=O)CC3)CC2)s1. The molecule has 3 fully saturated rings. The van der Waals surface area contributed by atoms with E-state index in [0.29, 0.717) is 17.9 Å². The molecule has 6 aromatic rings. The Labute approximate surface area is 338 Å². The number of piperidine rings is 2. The maximum absolute atomic E-state index is 13.5. The number of para-hydroxylation sites is 1. The van der Waals surface area contributed by atoms with Crippen molar-refractivity contribution in [1.29, 1.82) is 5.26 Å². The predicted octanol–water partition coefficient (Wildman–Crippen LogP) is 4.28. The molecule has 9 rings (SSSR count). The van der Waals surface area contributed by atoms with Crippen LogP contribution in [0.25, 0.3) is 38.5 Å². The third-order valence-corrected chi connectivity index (χ3v) is 12.6. The average molecular weight is 800 g/mol. The molecule has 3 aliphatic heterocycles. The number of hydrogen-bond donors (Lipinski definition) is 2. The largest absolute Gasteiger partial charge is 0.382 e. The highest BCUT2D eigenvalue weighted by molar-refractivity contribution is 7.18. The number of fused-ring (bicyclic) bond motifs is 2. The van der Waals surface area contributed by atoms with Crippen LogP contribution in [0.5, 0.6) is 0 Å². The van der Waals surface area contributed by atoms with Crippen LogP contribution in [-0.4, -0.2) is 102 Å². The summed E-state index contributed by atoms with van der Waals surface area (Å²) in [6.07, 6.45) is 6.06. The predicted molar refractivity (Wildman–Crippen MR) is 223 cm³/mol. The number of carbonyl (C=O) groups is 2. The van der Waals surface area contributed by atoms with Gasteiger partial charge in [0, 0.05) is 77.2 Å². The van der Waals surface area contributed by atoms with Crippen molar-refractivity contribution in [2.45, 2.75) is 51.6 Å². The molecule has 1 atom stereocenters. The lowest BCUT2D eigenvalue weighted by molar-refractivity contribution is -0.135. The number of imide groups is 1. The number of hydrogen-bond acceptors (Lipinski definition) is 13. The van der Waals surface area contributed by atoms with Crippen molar-refractivity contribution in [3.63, 3.8) is 0 Å². The molecule has 0 bridgehead atoms. The monoisotopic (exact) mass is 799 g/mol. The van der Waals surface area contributed by atoms with Crippen LogP contribution in [0.3, 0.4) is 0 Å². The summed E-state index contributed by atoms with van der Waals surface area (Å²) in [6.45, 7) is 10.7. The van der Waals surface area contributed by atoms with Crippen molar-refractivity contribution < 1.29 is 9.59 Å². The second kappa shape index (κ2) is 15.3. The lowest BCUT2D eigenvalue weighted by atomic mass is 9.95. The number of pyridine rings is 1. The topological polar surface area (TPSA) is 175 Å². The second-order valence-electron chi connectivity index (χ2n) is 15.8. The number of anilines is 3. The van der Waals surface area contributed by atoms with E-state index in [1.54, 1.807) is 38.2 Å². The van der Waals surface area contributed by atoms with Crippen molar-refractivity contribution in [2.24, 2.45) is 13.0 Å². The van der Waals surface area contributed by atoms with E-state index in [1.807, 2.05) is 42.6 Å². The molecule has 0 spiro atoms. The van der Waals surface area contributed by atoms with Gasteiger partial charge in [-0.25, -0.2) is 9.31 Å². The number of nitrogens with one attached hydrogen (secondary N) is 2. The van der Waals surface area contributed by atoms with Gasteiger partial charge in [0.05, 0.1) is 50.9 Å². The number of aromatic nitrogens is 7.